The van der Waals surface area contributed by atoms with Gasteiger partial charge in [-0.1, -0.05) is 11.6 Å². The molecule has 0 bridgehead atoms. The van der Waals surface area contributed by atoms with Crippen LogP contribution in [0.5, 0.6) is 0 Å². The molecular weight excluding hydrogens is 205 g/mol. The lowest BCUT2D eigenvalue weighted by Gasteiger charge is -2.04. The maximum absolute atomic E-state index is 12.6. The highest BCUT2D eigenvalue weighted by molar-refractivity contribution is 6.31. The number of hydrogen-bond donors (Lipinski definition) is 0. The van der Waals surface area contributed by atoms with Crippen LogP contribution in [0.2, 0.25) is 5.02 Å². The van der Waals surface area contributed by atoms with E-state index >= 15 is 0 Å². The van der Waals surface area contributed by atoms with Crippen LogP contribution in [0.1, 0.15) is 17.7 Å². The van der Waals surface area contributed by atoms with Crippen LogP contribution >= 0.6 is 11.6 Å². The lowest BCUT2D eigenvalue weighted by Crippen LogP contribution is -1.97. The third-order valence-corrected chi connectivity index (χ3v) is 1.72. The van der Waals surface area contributed by atoms with Gasteiger partial charge in [-0.15, -0.1) is 0 Å². The van der Waals surface area contributed by atoms with Crippen molar-refractivity contribution in [1.82, 2.24) is 4.98 Å². The van der Waals surface area contributed by atoms with Gasteiger partial charge in [0.05, 0.1) is 16.8 Å². The fraction of sp³-hybridized carbons (Fsp3) is 0.143. The maximum atomic E-state index is 12.6. The summed E-state index contributed by atoms with van der Waals surface area (Å²) in [6.45, 7) is 0. The summed E-state index contributed by atoms with van der Waals surface area (Å²) in [7, 11) is 0. The van der Waals surface area contributed by atoms with Gasteiger partial charge in [-0.3, -0.25) is 0 Å². The van der Waals surface area contributed by atoms with E-state index in [4.69, 9.17) is 16.9 Å². The predicted octanol–water partition coefficient (Wildman–Crippen LogP) is 2.68. The number of pyridine rings is 1. The summed E-state index contributed by atoms with van der Waals surface area (Å²) in [4.78, 5) is 3.18. The second kappa shape index (κ2) is 3.62. The lowest BCUT2D eigenvalue weighted by molar-refractivity contribution is 0.150. The van der Waals surface area contributed by atoms with Crippen molar-refractivity contribution < 1.29 is 13.2 Å². The average molecular weight is 207 g/mol. The first-order valence-electron chi connectivity index (χ1n) is 3.10. The Morgan fingerprint density at radius 2 is 2.15 bits per heavy atom. The first-order chi connectivity index (χ1) is 6.07. The molecule has 0 saturated heterocycles. The molecule has 13 heavy (non-hydrogen) atoms. The third-order valence-electron chi connectivity index (χ3n) is 1.33. The number of hydrogen-bond acceptors (Lipinski definition) is 2. The van der Waals surface area contributed by atoms with Gasteiger partial charge >= 0.3 is 0 Å². The quantitative estimate of drug-likeness (QED) is 0.708. The second-order valence-electron chi connectivity index (χ2n) is 2.09. The number of nitriles is 1. The van der Waals surface area contributed by atoms with Gasteiger partial charge in [0.2, 0.25) is 0 Å². The number of rotatable bonds is 1. The molecular formula is C7H2ClF3N2. The smallest absolute Gasteiger partial charge is 0.242 e. The van der Waals surface area contributed by atoms with E-state index in [1.165, 1.54) is 6.07 Å². The maximum Gasteiger partial charge on any atom is 0.268 e. The number of nitrogens with zero attached hydrogens (tertiary/aromatic N) is 2. The zero-order chi connectivity index (χ0) is 10.0. The van der Waals surface area contributed by atoms with Gasteiger partial charge < -0.3 is 0 Å². The molecule has 0 amide bonds. The van der Waals surface area contributed by atoms with Gasteiger partial charge in [-0.2, -0.15) is 5.26 Å². The van der Waals surface area contributed by atoms with E-state index in [0.717, 1.165) is 0 Å². The van der Waals surface area contributed by atoms with Crippen LogP contribution in [0.25, 0.3) is 0 Å². The molecule has 0 saturated carbocycles. The minimum Gasteiger partial charge on any atom is -0.242 e. The van der Waals surface area contributed by atoms with Crippen LogP contribution in [0.4, 0.5) is 13.2 Å². The molecule has 0 atom stereocenters. The Hall–Kier alpha value is -1.28. The number of aromatic nitrogens is 1. The summed E-state index contributed by atoms with van der Waals surface area (Å²) in [5.41, 5.74) is -1.41. The molecule has 0 aliphatic rings. The zero-order valence-corrected chi connectivity index (χ0v) is 6.82. The van der Waals surface area contributed by atoms with Crippen LogP contribution in [-0.2, 0) is 0 Å². The number of alkyl halides is 2. The summed E-state index contributed by atoms with van der Waals surface area (Å²) in [5, 5.41) is 7.61. The molecule has 0 fully saturated rings. The SMILES string of the molecule is N#Cc1ncc(F)c(Cl)c1C(F)F. The zero-order valence-electron chi connectivity index (χ0n) is 6.06. The largest absolute Gasteiger partial charge is 0.268 e. The summed E-state index contributed by atoms with van der Waals surface area (Å²) in [6, 6.07) is 1.40. The summed E-state index contributed by atoms with van der Waals surface area (Å²) < 4.78 is 37.0. The standard InChI is InChI=1S/C7H2ClF3N2/c8-6-3(9)2-13-4(1-12)5(6)7(10)11/h2,7H. The van der Waals surface area contributed by atoms with Crippen molar-refractivity contribution in [2.45, 2.75) is 6.43 Å². The Kier molecular flexibility index (Phi) is 2.73. The van der Waals surface area contributed by atoms with Crippen molar-refractivity contribution in [1.29, 1.82) is 5.26 Å². The molecule has 0 aromatic carbocycles. The highest BCUT2D eigenvalue weighted by atomic mass is 35.5. The molecule has 1 heterocycles. The van der Waals surface area contributed by atoms with Crippen molar-refractivity contribution in [3.63, 3.8) is 0 Å². The van der Waals surface area contributed by atoms with Gasteiger partial charge in [0.1, 0.15) is 6.07 Å². The van der Waals surface area contributed by atoms with E-state index in [9.17, 15) is 13.2 Å². The van der Waals surface area contributed by atoms with Crippen molar-refractivity contribution in [3.8, 4) is 6.07 Å². The normalized spacial score (nSPS) is 10.2. The van der Waals surface area contributed by atoms with Crippen LogP contribution in [0, 0.1) is 17.1 Å². The summed E-state index contributed by atoms with van der Waals surface area (Å²) in [5.74, 6) is -1.06. The molecule has 0 aliphatic carbocycles. The average Bonchev–Trinajstić information content (AvgIpc) is 2.08. The monoisotopic (exact) mass is 206 g/mol. The molecule has 1 rings (SSSR count). The van der Waals surface area contributed by atoms with E-state index in [2.05, 4.69) is 4.98 Å². The molecule has 0 aliphatic heterocycles. The lowest BCUT2D eigenvalue weighted by atomic mass is 10.2. The highest BCUT2D eigenvalue weighted by Crippen LogP contribution is 2.30. The van der Waals surface area contributed by atoms with Crippen molar-refractivity contribution in [2.75, 3.05) is 0 Å². The molecule has 0 radical (unpaired) electrons. The summed E-state index contributed by atoms with van der Waals surface area (Å²) in [6.07, 6.45) is -2.38. The molecule has 6 heteroatoms. The predicted molar refractivity (Wildman–Crippen MR) is 38.9 cm³/mol. The van der Waals surface area contributed by atoms with Gasteiger partial charge in [0.15, 0.2) is 11.5 Å². The van der Waals surface area contributed by atoms with Crippen LogP contribution in [-0.4, -0.2) is 4.98 Å². The second-order valence-corrected chi connectivity index (χ2v) is 2.47. The Labute approximate surface area is 76.6 Å². The number of halogens is 4. The molecule has 0 spiro atoms. The third kappa shape index (κ3) is 1.73. The molecule has 2 nitrogen and oxygen atoms in total. The molecule has 68 valence electrons. The minimum atomic E-state index is -3.01. The van der Waals surface area contributed by atoms with Gasteiger partial charge in [-0.05, 0) is 0 Å². The van der Waals surface area contributed by atoms with E-state index < -0.39 is 28.5 Å². The Morgan fingerprint density at radius 3 is 2.62 bits per heavy atom. The van der Waals surface area contributed by atoms with Crippen LogP contribution < -0.4 is 0 Å². The Morgan fingerprint density at radius 1 is 1.54 bits per heavy atom. The van der Waals surface area contributed by atoms with Crippen molar-refractivity contribution >= 4 is 11.6 Å². The van der Waals surface area contributed by atoms with Gasteiger partial charge in [0, 0.05) is 0 Å². The fourth-order valence-corrected chi connectivity index (χ4v) is 0.989. The van der Waals surface area contributed by atoms with E-state index in [1.807, 2.05) is 0 Å². The van der Waals surface area contributed by atoms with Crippen LogP contribution in [0.15, 0.2) is 6.20 Å². The van der Waals surface area contributed by atoms with Gasteiger partial charge in [-0.25, -0.2) is 18.2 Å². The highest BCUT2D eigenvalue weighted by Gasteiger charge is 2.21. The van der Waals surface area contributed by atoms with Crippen LogP contribution in [0.3, 0.4) is 0 Å². The topological polar surface area (TPSA) is 36.7 Å². The van der Waals surface area contributed by atoms with E-state index in [1.54, 1.807) is 0 Å². The molecule has 0 unspecified atom stereocenters. The van der Waals surface area contributed by atoms with Crippen molar-refractivity contribution in [2.24, 2.45) is 0 Å². The van der Waals surface area contributed by atoms with Crippen molar-refractivity contribution in [3.05, 3.63) is 28.3 Å². The van der Waals surface area contributed by atoms with E-state index in [0.29, 0.717) is 6.20 Å². The Balaban J connectivity index is 3.43. The van der Waals surface area contributed by atoms with Gasteiger partial charge in [0.25, 0.3) is 6.43 Å². The first-order valence-corrected chi connectivity index (χ1v) is 3.48. The molecule has 0 N–H and O–H groups in total. The summed E-state index contributed by atoms with van der Waals surface area (Å²) >= 11 is 5.23. The molecule has 1 aromatic heterocycles. The molecule has 1 aromatic rings. The first kappa shape index (κ1) is 9.81. The minimum absolute atomic E-state index is 0.554. The fourth-order valence-electron chi connectivity index (χ4n) is 0.768. The van der Waals surface area contributed by atoms with E-state index in [-0.39, 0.29) is 0 Å². The Bertz CT molecular complexity index is 373.